The molecule has 0 bridgehead atoms. The highest BCUT2D eigenvalue weighted by molar-refractivity contribution is 5.79. The van der Waals surface area contributed by atoms with Gasteiger partial charge in [0.05, 0.1) is 16.6 Å². The molecule has 4 rings (SSSR count). The number of benzene rings is 3. The molecular weight excluding hydrogens is 418 g/mol. The van der Waals surface area contributed by atoms with Crippen molar-refractivity contribution >= 4 is 11.8 Å². The van der Waals surface area contributed by atoms with Crippen molar-refractivity contribution < 1.29 is 14.5 Å². The molecule has 33 heavy (non-hydrogen) atoms. The molecule has 0 spiro atoms. The van der Waals surface area contributed by atoms with Gasteiger partial charge in [0.15, 0.2) is 0 Å². The van der Waals surface area contributed by atoms with Gasteiger partial charge in [0.2, 0.25) is 0 Å². The maximum absolute atomic E-state index is 12.2. The molecule has 162 valence electrons. The van der Waals surface area contributed by atoms with Crippen molar-refractivity contribution in [2.45, 2.75) is 12.3 Å². The number of nitrogens with zero attached hydrogens (tertiary/aromatic N) is 2. The Labute approximate surface area is 190 Å². The molecule has 1 N–H and O–H groups in total. The van der Waals surface area contributed by atoms with Crippen molar-refractivity contribution in [2.75, 3.05) is 13.2 Å². The number of carbonyl (C=O) groups is 1. The first kappa shape index (κ1) is 21.6. The summed E-state index contributed by atoms with van der Waals surface area (Å²) in [6.45, 7) is 0.500. The third-order valence-corrected chi connectivity index (χ3v) is 5.35. The Morgan fingerprint density at radius 3 is 2.30 bits per heavy atom. The minimum Gasteiger partial charge on any atom is -0.449 e. The van der Waals surface area contributed by atoms with Gasteiger partial charge >= 0.3 is 6.09 Å². The van der Waals surface area contributed by atoms with Crippen molar-refractivity contribution in [1.29, 1.82) is 5.26 Å². The monoisotopic (exact) mass is 437 g/mol. The van der Waals surface area contributed by atoms with E-state index in [2.05, 4.69) is 41.4 Å². The summed E-state index contributed by atoms with van der Waals surface area (Å²) >= 11 is 0. The number of nitro benzene ring substituents is 1. The van der Waals surface area contributed by atoms with Gasteiger partial charge < -0.3 is 10.1 Å². The number of nitriles is 1. The summed E-state index contributed by atoms with van der Waals surface area (Å²) in [7, 11) is 0. The van der Waals surface area contributed by atoms with Crippen LogP contribution in [0.25, 0.3) is 11.1 Å². The zero-order valence-corrected chi connectivity index (χ0v) is 17.6. The maximum Gasteiger partial charge on any atom is 0.407 e. The van der Waals surface area contributed by atoms with Crippen LogP contribution in [-0.4, -0.2) is 24.2 Å². The molecule has 1 aliphatic rings. The molecule has 0 atom stereocenters. The molecular formula is C26H19N3O4. The Morgan fingerprint density at radius 2 is 1.67 bits per heavy atom. The van der Waals surface area contributed by atoms with Crippen molar-refractivity contribution in [3.8, 4) is 29.0 Å². The molecule has 0 heterocycles. The van der Waals surface area contributed by atoms with Crippen LogP contribution in [0.5, 0.6) is 0 Å². The zero-order chi connectivity index (χ0) is 23.2. The van der Waals surface area contributed by atoms with E-state index in [4.69, 9.17) is 10.00 Å². The van der Waals surface area contributed by atoms with Crippen LogP contribution in [0.2, 0.25) is 0 Å². The van der Waals surface area contributed by atoms with Gasteiger partial charge in [0.25, 0.3) is 5.69 Å². The van der Waals surface area contributed by atoms with Crippen LogP contribution in [-0.2, 0) is 4.74 Å². The van der Waals surface area contributed by atoms with E-state index < -0.39 is 11.0 Å². The van der Waals surface area contributed by atoms with Gasteiger partial charge in [0, 0.05) is 36.6 Å². The van der Waals surface area contributed by atoms with Crippen LogP contribution < -0.4 is 5.32 Å². The van der Waals surface area contributed by atoms with Crippen molar-refractivity contribution in [3.63, 3.8) is 0 Å². The summed E-state index contributed by atoms with van der Waals surface area (Å²) in [5.74, 6) is 5.63. The van der Waals surface area contributed by atoms with Crippen molar-refractivity contribution in [1.82, 2.24) is 5.32 Å². The lowest BCUT2D eigenvalue weighted by Gasteiger charge is -2.14. The predicted molar refractivity (Wildman–Crippen MR) is 122 cm³/mol. The van der Waals surface area contributed by atoms with Crippen LogP contribution in [0.4, 0.5) is 10.5 Å². The molecule has 1 aliphatic carbocycles. The third kappa shape index (κ3) is 4.84. The average molecular weight is 437 g/mol. The fourth-order valence-corrected chi connectivity index (χ4v) is 3.89. The van der Waals surface area contributed by atoms with Crippen LogP contribution in [0.1, 0.15) is 34.6 Å². The second-order valence-electron chi connectivity index (χ2n) is 7.44. The summed E-state index contributed by atoms with van der Waals surface area (Å²) in [5, 5.41) is 22.6. The number of fused-ring (bicyclic) bond motifs is 3. The molecule has 0 aliphatic heterocycles. The standard InChI is InChI=1S/C26H19N3O4/c27-16-19-13-18(14-20(15-19)29(31)32)7-5-6-12-28-26(30)33-17-25-23-10-3-1-8-21(23)22-9-2-4-11-24(22)25/h1-4,8-11,13-15,25H,6,12,17H2,(H,28,30). The van der Waals surface area contributed by atoms with E-state index in [1.165, 1.54) is 18.2 Å². The minimum absolute atomic E-state index is 0.00820. The zero-order valence-electron chi connectivity index (χ0n) is 17.6. The quantitative estimate of drug-likeness (QED) is 0.268. The highest BCUT2D eigenvalue weighted by Crippen LogP contribution is 2.44. The van der Waals surface area contributed by atoms with E-state index >= 15 is 0 Å². The Hall–Kier alpha value is -4.62. The van der Waals surface area contributed by atoms with Crippen LogP contribution in [0, 0.1) is 33.3 Å². The number of hydrogen-bond acceptors (Lipinski definition) is 5. The number of amides is 1. The smallest absolute Gasteiger partial charge is 0.407 e. The normalized spacial score (nSPS) is 11.4. The molecule has 7 nitrogen and oxygen atoms in total. The highest BCUT2D eigenvalue weighted by atomic mass is 16.6. The Kier molecular flexibility index (Phi) is 6.33. The SMILES string of the molecule is N#Cc1cc(C#CCCNC(=O)OCC2c3ccccc3-c3ccccc32)cc([N+](=O)[O-])c1. The third-order valence-electron chi connectivity index (χ3n) is 5.35. The second kappa shape index (κ2) is 9.67. The van der Waals surface area contributed by atoms with E-state index in [9.17, 15) is 14.9 Å². The molecule has 0 saturated carbocycles. The van der Waals surface area contributed by atoms with E-state index in [0.717, 1.165) is 22.3 Å². The number of carbonyl (C=O) groups excluding carboxylic acids is 1. The van der Waals surface area contributed by atoms with Crippen LogP contribution >= 0.6 is 0 Å². The van der Waals surface area contributed by atoms with E-state index in [-0.39, 0.29) is 30.3 Å². The molecule has 7 heteroatoms. The Bertz CT molecular complexity index is 1290. The molecule has 0 radical (unpaired) electrons. The maximum atomic E-state index is 12.2. The lowest BCUT2D eigenvalue weighted by atomic mass is 9.98. The highest BCUT2D eigenvalue weighted by Gasteiger charge is 2.28. The van der Waals surface area contributed by atoms with Gasteiger partial charge in [-0.3, -0.25) is 10.1 Å². The van der Waals surface area contributed by atoms with Gasteiger partial charge in [-0.15, -0.1) is 0 Å². The largest absolute Gasteiger partial charge is 0.449 e. The first-order chi connectivity index (χ1) is 16.1. The van der Waals surface area contributed by atoms with Crippen LogP contribution in [0.3, 0.4) is 0 Å². The number of alkyl carbamates (subject to hydrolysis) is 1. The number of non-ortho nitro benzene ring substituents is 1. The van der Waals surface area contributed by atoms with Crippen molar-refractivity contribution in [2.24, 2.45) is 0 Å². The number of nitrogens with one attached hydrogen (secondary N) is 1. The number of ether oxygens (including phenoxy) is 1. The molecule has 3 aromatic carbocycles. The first-order valence-corrected chi connectivity index (χ1v) is 10.3. The summed E-state index contributed by atoms with van der Waals surface area (Å²) in [6.07, 6.45) is -0.199. The molecule has 0 unspecified atom stereocenters. The fourth-order valence-electron chi connectivity index (χ4n) is 3.89. The number of nitro groups is 1. The Balaban J connectivity index is 1.30. The minimum atomic E-state index is -0.565. The van der Waals surface area contributed by atoms with Gasteiger partial charge in [0.1, 0.15) is 6.61 Å². The predicted octanol–water partition coefficient (Wildman–Crippen LogP) is 4.75. The summed E-state index contributed by atoms with van der Waals surface area (Å²) < 4.78 is 5.47. The number of hydrogen-bond donors (Lipinski definition) is 1. The lowest BCUT2D eigenvalue weighted by molar-refractivity contribution is -0.384. The molecule has 3 aromatic rings. The van der Waals surface area contributed by atoms with Crippen LogP contribution in [0.15, 0.2) is 66.7 Å². The summed E-state index contributed by atoms with van der Waals surface area (Å²) in [4.78, 5) is 22.6. The van der Waals surface area contributed by atoms with Gasteiger partial charge in [-0.05, 0) is 28.3 Å². The second-order valence-corrected chi connectivity index (χ2v) is 7.44. The van der Waals surface area contributed by atoms with Gasteiger partial charge in [-0.2, -0.15) is 5.26 Å². The van der Waals surface area contributed by atoms with E-state index in [1.54, 1.807) is 0 Å². The molecule has 1 amide bonds. The van der Waals surface area contributed by atoms with Gasteiger partial charge in [-0.1, -0.05) is 60.4 Å². The fraction of sp³-hybridized carbons (Fsp3) is 0.154. The molecule has 0 aromatic heterocycles. The first-order valence-electron chi connectivity index (χ1n) is 10.3. The summed E-state index contributed by atoms with van der Waals surface area (Å²) in [6, 6.07) is 22.1. The number of rotatable bonds is 5. The Morgan fingerprint density at radius 1 is 1.03 bits per heavy atom. The van der Waals surface area contributed by atoms with Gasteiger partial charge in [-0.25, -0.2) is 4.79 Å². The topological polar surface area (TPSA) is 105 Å². The lowest BCUT2D eigenvalue weighted by Crippen LogP contribution is -2.26. The summed E-state index contributed by atoms with van der Waals surface area (Å²) in [5.41, 5.74) is 4.98. The van der Waals surface area contributed by atoms with E-state index in [1.807, 2.05) is 30.3 Å². The van der Waals surface area contributed by atoms with E-state index in [0.29, 0.717) is 12.0 Å². The molecule has 0 saturated heterocycles. The average Bonchev–Trinajstić information content (AvgIpc) is 3.16. The molecule has 0 fully saturated rings. The van der Waals surface area contributed by atoms with Crippen molar-refractivity contribution in [3.05, 3.63) is 99.1 Å².